The van der Waals surface area contributed by atoms with Crippen molar-refractivity contribution in [3.8, 4) is 0 Å². The Morgan fingerprint density at radius 2 is 2.31 bits per heavy atom. The summed E-state index contributed by atoms with van der Waals surface area (Å²) >= 11 is 3.97. The normalized spacial score (nSPS) is 27.5. The van der Waals surface area contributed by atoms with Crippen LogP contribution in [-0.4, -0.2) is 29.4 Å². The number of aliphatic hydroxyl groups is 1. The molecule has 0 spiro atoms. The van der Waals surface area contributed by atoms with Gasteiger partial charge in [-0.2, -0.15) is 12.6 Å². The number of carbonyl (C=O) groups is 1. The summed E-state index contributed by atoms with van der Waals surface area (Å²) < 4.78 is 0. The largest absolute Gasteiger partial charge is 0.393 e. The number of carbonyl (C=O) groups excluding carboxylic acids is 1. The number of amides is 1. The Hall–Kier alpha value is -0.220. The molecule has 2 unspecified atom stereocenters. The van der Waals surface area contributed by atoms with E-state index in [1.54, 1.807) is 0 Å². The Morgan fingerprint density at radius 3 is 2.85 bits per heavy atom. The highest BCUT2D eigenvalue weighted by Crippen LogP contribution is 2.24. The average Bonchev–Trinajstić information content (AvgIpc) is 2.48. The average molecular weight is 203 g/mol. The van der Waals surface area contributed by atoms with Gasteiger partial charge in [-0.05, 0) is 18.6 Å². The number of aliphatic hydroxyl groups excluding tert-OH is 1. The van der Waals surface area contributed by atoms with Crippen molar-refractivity contribution in [2.75, 3.05) is 12.3 Å². The number of nitrogens with one attached hydrogen (secondary N) is 1. The lowest BCUT2D eigenvalue weighted by atomic mass is 10.1. The van der Waals surface area contributed by atoms with E-state index in [0.29, 0.717) is 18.7 Å². The van der Waals surface area contributed by atoms with Crippen LogP contribution in [0.5, 0.6) is 0 Å². The van der Waals surface area contributed by atoms with E-state index in [2.05, 4.69) is 17.9 Å². The Bertz CT molecular complexity index is 175. The van der Waals surface area contributed by atoms with Gasteiger partial charge in [0.2, 0.25) is 5.91 Å². The van der Waals surface area contributed by atoms with Crippen molar-refractivity contribution in [2.45, 2.75) is 31.8 Å². The molecule has 0 radical (unpaired) electrons. The lowest BCUT2D eigenvalue weighted by Gasteiger charge is -2.14. The Labute approximate surface area is 84.3 Å². The molecule has 1 amide bonds. The van der Waals surface area contributed by atoms with Gasteiger partial charge in [0.05, 0.1) is 6.10 Å². The number of rotatable bonds is 4. The molecule has 0 aromatic carbocycles. The summed E-state index contributed by atoms with van der Waals surface area (Å²) in [6.45, 7) is 0.619. The maximum atomic E-state index is 11.1. The highest BCUT2D eigenvalue weighted by Gasteiger charge is 2.24. The first-order chi connectivity index (χ1) is 6.24. The van der Waals surface area contributed by atoms with Crippen LogP contribution in [0.1, 0.15) is 25.7 Å². The molecule has 4 heteroatoms. The quantitative estimate of drug-likeness (QED) is 0.586. The molecule has 1 rings (SSSR count). The molecule has 0 aromatic rings. The van der Waals surface area contributed by atoms with Gasteiger partial charge in [-0.3, -0.25) is 4.79 Å². The highest BCUT2D eigenvalue weighted by molar-refractivity contribution is 7.80. The van der Waals surface area contributed by atoms with Crippen LogP contribution in [0.15, 0.2) is 0 Å². The first-order valence-corrected chi connectivity index (χ1v) is 5.43. The van der Waals surface area contributed by atoms with Crippen molar-refractivity contribution < 1.29 is 9.90 Å². The van der Waals surface area contributed by atoms with Gasteiger partial charge in [0, 0.05) is 18.9 Å². The zero-order chi connectivity index (χ0) is 9.68. The fourth-order valence-electron chi connectivity index (χ4n) is 1.69. The summed E-state index contributed by atoms with van der Waals surface area (Å²) in [6, 6.07) is 0. The minimum atomic E-state index is -0.212. The van der Waals surface area contributed by atoms with Gasteiger partial charge < -0.3 is 10.4 Å². The van der Waals surface area contributed by atoms with Gasteiger partial charge in [-0.25, -0.2) is 0 Å². The molecule has 0 bridgehead atoms. The second-order valence-corrected chi connectivity index (χ2v) is 3.98. The van der Waals surface area contributed by atoms with Crippen LogP contribution in [0, 0.1) is 5.92 Å². The van der Waals surface area contributed by atoms with Crippen LogP contribution in [0.4, 0.5) is 0 Å². The molecule has 1 aliphatic rings. The minimum absolute atomic E-state index is 0.0362. The first-order valence-electron chi connectivity index (χ1n) is 4.79. The van der Waals surface area contributed by atoms with Crippen LogP contribution in [-0.2, 0) is 4.79 Å². The summed E-state index contributed by atoms with van der Waals surface area (Å²) in [5, 5.41) is 12.3. The van der Waals surface area contributed by atoms with Crippen molar-refractivity contribution >= 4 is 18.5 Å². The molecule has 2 N–H and O–H groups in total. The van der Waals surface area contributed by atoms with E-state index >= 15 is 0 Å². The third-order valence-electron chi connectivity index (χ3n) is 2.52. The van der Waals surface area contributed by atoms with Crippen molar-refractivity contribution in [3.63, 3.8) is 0 Å². The zero-order valence-corrected chi connectivity index (χ0v) is 8.59. The molecular weight excluding hydrogens is 186 g/mol. The van der Waals surface area contributed by atoms with E-state index in [1.807, 2.05) is 0 Å². The Balaban J connectivity index is 2.14. The van der Waals surface area contributed by atoms with E-state index in [0.717, 1.165) is 19.3 Å². The van der Waals surface area contributed by atoms with Crippen LogP contribution in [0.25, 0.3) is 0 Å². The molecule has 3 nitrogen and oxygen atoms in total. The Morgan fingerprint density at radius 1 is 1.54 bits per heavy atom. The predicted octanol–water partition coefficient (Wildman–Crippen LogP) is 0.583. The van der Waals surface area contributed by atoms with Gasteiger partial charge in [-0.15, -0.1) is 0 Å². The third-order valence-corrected chi connectivity index (χ3v) is 2.74. The fourth-order valence-corrected chi connectivity index (χ4v) is 1.89. The Kier molecular flexibility index (Phi) is 4.59. The van der Waals surface area contributed by atoms with E-state index in [9.17, 15) is 9.90 Å². The molecule has 1 aliphatic carbocycles. The van der Waals surface area contributed by atoms with Crippen molar-refractivity contribution in [1.82, 2.24) is 5.32 Å². The van der Waals surface area contributed by atoms with Crippen LogP contribution in [0.3, 0.4) is 0 Å². The number of thiol groups is 1. The summed E-state index contributed by atoms with van der Waals surface area (Å²) in [5.41, 5.74) is 0. The monoisotopic (exact) mass is 203 g/mol. The molecule has 0 saturated heterocycles. The van der Waals surface area contributed by atoms with E-state index in [4.69, 9.17) is 0 Å². The standard InChI is InChI=1S/C9H17NO2S/c11-8-3-1-2-7(8)6-10-9(12)4-5-13/h7-8,11,13H,1-6H2,(H,10,12). The van der Waals surface area contributed by atoms with Gasteiger partial charge >= 0.3 is 0 Å². The molecular formula is C9H17NO2S. The van der Waals surface area contributed by atoms with Crippen LogP contribution >= 0.6 is 12.6 Å². The zero-order valence-electron chi connectivity index (χ0n) is 7.70. The van der Waals surface area contributed by atoms with Crippen LogP contribution in [0.2, 0.25) is 0 Å². The smallest absolute Gasteiger partial charge is 0.220 e. The first kappa shape index (κ1) is 10.9. The van der Waals surface area contributed by atoms with Crippen LogP contribution < -0.4 is 5.32 Å². The maximum Gasteiger partial charge on any atom is 0.220 e. The molecule has 0 aromatic heterocycles. The molecule has 0 aliphatic heterocycles. The second kappa shape index (κ2) is 5.50. The van der Waals surface area contributed by atoms with E-state index in [-0.39, 0.29) is 17.9 Å². The molecule has 13 heavy (non-hydrogen) atoms. The number of hydrogen-bond acceptors (Lipinski definition) is 3. The molecule has 0 heterocycles. The van der Waals surface area contributed by atoms with Gasteiger partial charge in [0.15, 0.2) is 0 Å². The lowest BCUT2D eigenvalue weighted by Crippen LogP contribution is -2.32. The predicted molar refractivity (Wildman–Crippen MR) is 54.8 cm³/mol. The van der Waals surface area contributed by atoms with E-state index in [1.165, 1.54) is 0 Å². The lowest BCUT2D eigenvalue weighted by molar-refractivity contribution is -0.120. The topological polar surface area (TPSA) is 49.3 Å². The number of hydrogen-bond donors (Lipinski definition) is 3. The van der Waals surface area contributed by atoms with E-state index < -0.39 is 0 Å². The summed E-state index contributed by atoms with van der Waals surface area (Å²) in [6.07, 6.45) is 3.24. The molecule has 1 fully saturated rings. The summed E-state index contributed by atoms with van der Waals surface area (Å²) in [5.74, 6) is 0.886. The summed E-state index contributed by atoms with van der Waals surface area (Å²) in [7, 11) is 0. The third kappa shape index (κ3) is 3.56. The molecule has 2 atom stereocenters. The SMILES string of the molecule is O=C(CCS)NCC1CCCC1O. The van der Waals surface area contributed by atoms with Gasteiger partial charge in [-0.1, -0.05) is 6.42 Å². The summed E-state index contributed by atoms with van der Waals surface area (Å²) in [4.78, 5) is 11.1. The highest BCUT2D eigenvalue weighted by atomic mass is 32.1. The van der Waals surface area contributed by atoms with Gasteiger partial charge in [0.1, 0.15) is 0 Å². The van der Waals surface area contributed by atoms with Gasteiger partial charge in [0.25, 0.3) is 0 Å². The van der Waals surface area contributed by atoms with Crippen molar-refractivity contribution in [2.24, 2.45) is 5.92 Å². The minimum Gasteiger partial charge on any atom is -0.393 e. The second-order valence-electron chi connectivity index (χ2n) is 3.54. The molecule has 76 valence electrons. The maximum absolute atomic E-state index is 11.1. The molecule has 1 saturated carbocycles. The van der Waals surface area contributed by atoms with Crippen molar-refractivity contribution in [1.29, 1.82) is 0 Å². The fraction of sp³-hybridized carbons (Fsp3) is 0.889. The van der Waals surface area contributed by atoms with Crippen molar-refractivity contribution in [3.05, 3.63) is 0 Å².